The Kier molecular flexibility index (Phi) is 3.66. The topological polar surface area (TPSA) is 49.1 Å². The minimum atomic E-state index is 0.198. The first-order valence-electron chi connectivity index (χ1n) is 7.31. The summed E-state index contributed by atoms with van der Waals surface area (Å²) in [5, 5.41) is 10.2. The van der Waals surface area contributed by atoms with Gasteiger partial charge in [-0.2, -0.15) is 5.26 Å². The number of hydrogen-bond donors (Lipinski definition) is 0. The third-order valence-electron chi connectivity index (χ3n) is 4.23. The number of nitriles is 1. The monoisotopic (exact) mass is 281 g/mol. The van der Waals surface area contributed by atoms with Crippen LogP contribution in [0.4, 0.5) is 5.69 Å². The number of para-hydroxylation sites is 1. The Morgan fingerprint density at radius 1 is 1.33 bits per heavy atom. The van der Waals surface area contributed by atoms with Crippen LogP contribution < -0.4 is 9.64 Å². The van der Waals surface area contributed by atoms with Gasteiger partial charge >= 0.3 is 0 Å². The Morgan fingerprint density at radius 2 is 2.10 bits per heavy atom. The Balaban J connectivity index is 2.06. The summed E-state index contributed by atoms with van der Waals surface area (Å²) in [6, 6.07) is 8.44. The van der Waals surface area contributed by atoms with E-state index in [-0.39, 0.29) is 5.92 Å². The molecule has 0 radical (unpaired) electrons. The van der Waals surface area contributed by atoms with Crippen LogP contribution in [0.2, 0.25) is 0 Å². The number of nitrogens with zero attached hydrogens (tertiary/aromatic N) is 3. The fourth-order valence-corrected chi connectivity index (χ4v) is 3.10. The smallest absolute Gasteiger partial charge is 0.145 e. The molecular weight excluding hydrogens is 262 g/mol. The van der Waals surface area contributed by atoms with Crippen LogP contribution in [0.25, 0.3) is 10.9 Å². The summed E-state index contributed by atoms with van der Waals surface area (Å²) in [6.07, 6.45) is 3.78. The van der Waals surface area contributed by atoms with Gasteiger partial charge in [0.1, 0.15) is 11.3 Å². The first-order valence-corrected chi connectivity index (χ1v) is 7.31. The van der Waals surface area contributed by atoms with Gasteiger partial charge in [0.2, 0.25) is 0 Å². The van der Waals surface area contributed by atoms with Crippen molar-refractivity contribution in [1.82, 2.24) is 4.98 Å². The molecule has 1 aromatic carbocycles. The fraction of sp³-hybridized carbons (Fsp3) is 0.412. The SMILES string of the molecule is COc1cccc2c(N3CCC(C#N)CC3)c(C)cnc12. The Bertz CT molecular complexity index is 697. The Morgan fingerprint density at radius 3 is 2.76 bits per heavy atom. The summed E-state index contributed by atoms with van der Waals surface area (Å²) < 4.78 is 5.42. The molecule has 0 unspecified atom stereocenters. The standard InChI is InChI=1S/C17H19N3O/c1-12-11-19-16-14(4-3-5-15(16)21-2)17(12)20-8-6-13(10-18)7-9-20/h3-5,11,13H,6-9H2,1-2H3. The number of anilines is 1. The summed E-state index contributed by atoms with van der Waals surface area (Å²) in [6.45, 7) is 3.95. The van der Waals surface area contributed by atoms with Crippen molar-refractivity contribution in [1.29, 1.82) is 5.26 Å². The first-order chi connectivity index (χ1) is 10.2. The second-order valence-corrected chi connectivity index (χ2v) is 5.54. The predicted molar refractivity (Wildman–Crippen MR) is 83.6 cm³/mol. The van der Waals surface area contributed by atoms with Crippen molar-refractivity contribution in [3.05, 3.63) is 30.0 Å². The van der Waals surface area contributed by atoms with Gasteiger partial charge in [0.25, 0.3) is 0 Å². The van der Waals surface area contributed by atoms with Crippen LogP contribution in [-0.2, 0) is 0 Å². The van der Waals surface area contributed by atoms with Gasteiger partial charge in [-0.3, -0.25) is 4.98 Å². The lowest BCUT2D eigenvalue weighted by atomic mass is 9.97. The molecule has 0 saturated carbocycles. The van der Waals surface area contributed by atoms with E-state index in [0.717, 1.165) is 42.6 Å². The number of fused-ring (bicyclic) bond motifs is 1. The number of pyridine rings is 1. The zero-order chi connectivity index (χ0) is 14.8. The van der Waals surface area contributed by atoms with Gasteiger partial charge in [0, 0.05) is 30.6 Å². The lowest BCUT2D eigenvalue weighted by molar-refractivity contribution is 0.419. The van der Waals surface area contributed by atoms with Crippen LogP contribution in [0.3, 0.4) is 0 Å². The molecule has 4 nitrogen and oxygen atoms in total. The van der Waals surface area contributed by atoms with E-state index in [1.54, 1.807) is 7.11 Å². The van der Waals surface area contributed by atoms with E-state index in [1.165, 1.54) is 11.3 Å². The number of methoxy groups -OCH3 is 1. The van der Waals surface area contributed by atoms with Crippen molar-refractivity contribution >= 4 is 16.6 Å². The van der Waals surface area contributed by atoms with Gasteiger partial charge in [-0.05, 0) is 31.4 Å². The minimum Gasteiger partial charge on any atom is -0.494 e. The molecule has 0 N–H and O–H groups in total. The highest BCUT2D eigenvalue weighted by molar-refractivity contribution is 5.96. The molecule has 2 aromatic rings. The summed E-state index contributed by atoms with van der Waals surface area (Å²) >= 11 is 0. The molecule has 1 aromatic heterocycles. The zero-order valence-corrected chi connectivity index (χ0v) is 12.5. The molecule has 0 amide bonds. The van der Waals surface area contributed by atoms with Crippen molar-refractivity contribution in [3.63, 3.8) is 0 Å². The highest BCUT2D eigenvalue weighted by atomic mass is 16.5. The molecule has 108 valence electrons. The molecule has 1 fully saturated rings. The fourth-order valence-electron chi connectivity index (χ4n) is 3.10. The van der Waals surface area contributed by atoms with Crippen molar-refractivity contribution in [2.45, 2.75) is 19.8 Å². The molecule has 3 rings (SSSR count). The van der Waals surface area contributed by atoms with Crippen LogP contribution in [0.15, 0.2) is 24.4 Å². The number of hydrogen-bond acceptors (Lipinski definition) is 4. The van der Waals surface area contributed by atoms with Gasteiger partial charge in [0.05, 0.1) is 18.9 Å². The molecule has 1 saturated heterocycles. The maximum atomic E-state index is 9.05. The normalized spacial score (nSPS) is 16.0. The summed E-state index contributed by atoms with van der Waals surface area (Å²) in [5.74, 6) is 1.00. The number of rotatable bonds is 2. The maximum absolute atomic E-state index is 9.05. The van der Waals surface area contributed by atoms with E-state index in [9.17, 15) is 0 Å². The van der Waals surface area contributed by atoms with E-state index in [0.29, 0.717) is 0 Å². The van der Waals surface area contributed by atoms with Crippen molar-refractivity contribution < 1.29 is 4.74 Å². The quantitative estimate of drug-likeness (QED) is 0.847. The third kappa shape index (κ3) is 2.40. The molecule has 0 spiro atoms. The van der Waals surface area contributed by atoms with Crippen LogP contribution in [0, 0.1) is 24.2 Å². The summed E-state index contributed by atoms with van der Waals surface area (Å²) in [4.78, 5) is 6.92. The van der Waals surface area contributed by atoms with Crippen LogP contribution in [0.1, 0.15) is 18.4 Å². The van der Waals surface area contributed by atoms with Gasteiger partial charge in [-0.1, -0.05) is 12.1 Å². The van der Waals surface area contributed by atoms with E-state index in [2.05, 4.69) is 28.9 Å². The van der Waals surface area contributed by atoms with E-state index < -0.39 is 0 Å². The minimum absolute atomic E-state index is 0.198. The van der Waals surface area contributed by atoms with Gasteiger partial charge in [-0.15, -0.1) is 0 Å². The number of ether oxygens (including phenoxy) is 1. The molecule has 1 aliphatic heterocycles. The molecule has 21 heavy (non-hydrogen) atoms. The number of aryl methyl sites for hydroxylation is 1. The third-order valence-corrected chi connectivity index (χ3v) is 4.23. The van der Waals surface area contributed by atoms with Crippen molar-refractivity contribution in [2.24, 2.45) is 5.92 Å². The predicted octanol–water partition coefficient (Wildman–Crippen LogP) is 3.29. The lowest BCUT2D eigenvalue weighted by Gasteiger charge is -2.33. The first kappa shape index (κ1) is 13.7. The van der Waals surface area contributed by atoms with E-state index in [4.69, 9.17) is 10.00 Å². The maximum Gasteiger partial charge on any atom is 0.145 e. The molecule has 4 heteroatoms. The molecule has 2 heterocycles. The lowest BCUT2D eigenvalue weighted by Crippen LogP contribution is -2.33. The van der Waals surface area contributed by atoms with Crippen LogP contribution in [-0.4, -0.2) is 25.2 Å². The van der Waals surface area contributed by atoms with Gasteiger partial charge in [-0.25, -0.2) is 0 Å². The Labute approximate surface area is 125 Å². The highest BCUT2D eigenvalue weighted by Crippen LogP contribution is 2.35. The molecule has 1 aliphatic rings. The van der Waals surface area contributed by atoms with E-state index >= 15 is 0 Å². The number of aromatic nitrogens is 1. The Hall–Kier alpha value is -2.28. The summed E-state index contributed by atoms with van der Waals surface area (Å²) in [7, 11) is 1.67. The van der Waals surface area contributed by atoms with E-state index in [1.807, 2.05) is 18.3 Å². The highest BCUT2D eigenvalue weighted by Gasteiger charge is 2.22. The van der Waals surface area contributed by atoms with Gasteiger partial charge in [0.15, 0.2) is 0 Å². The number of piperidine rings is 1. The largest absolute Gasteiger partial charge is 0.494 e. The molecule has 0 bridgehead atoms. The zero-order valence-electron chi connectivity index (χ0n) is 12.5. The van der Waals surface area contributed by atoms with Crippen molar-refractivity contribution in [3.8, 4) is 11.8 Å². The van der Waals surface area contributed by atoms with Crippen LogP contribution in [0.5, 0.6) is 5.75 Å². The van der Waals surface area contributed by atoms with Crippen molar-refractivity contribution in [2.75, 3.05) is 25.1 Å². The second-order valence-electron chi connectivity index (χ2n) is 5.54. The molecular formula is C17H19N3O. The number of benzene rings is 1. The average Bonchev–Trinajstić information content (AvgIpc) is 2.54. The van der Waals surface area contributed by atoms with Crippen LogP contribution >= 0.6 is 0 Å². The average molecular weight is 281 g/mol. The summed E-state index contributed by atoms with van der Waals surface area (Å²) in [5.41, 5.74) is 3.31. The second kappa shape index (κ2) is 5.61. The molecule has 0 aliphatic carbocycles. The molecule has 0 atom stereocenters. The van der Waals surface area contributed by atoms with Gasteiger partial charge < -0.3 is 9.64 Å².